The number of hydrogen-bond donors (Lipinski definition) is 2. The average Bonchev–Trinajstić information content (AvgIpc) is 2.82. The van der Waals surface area contributed by atoms with E-state index in [1.807, 2.05) is 31.4 Å². The topological polar surface area (TPSA) is 45.0 Å². The molecule has 0 atom stereocenters. The fourth-order valence-corrected chi connectivity index (χ4v) is 1.95. The van der Waals surface area contributed by atoms with Crippen LogP contribution < -0.4 is 10.6 Å². The van der Waals surface area contributed by atoms with Crippen LogP contribution in [0.1, 0.15) is 5.69 Å². The number of H-pyrrole nitrogens is 1. The zero-order valence-corrected chi connectivity index (χ0v) is 10.5. The summed E-state index contributed by atoms with van der Waals surface area (Å²) >= 11 is 5.97. The third-order valence-corrected chi connectivity index (χ3v) is 3.02. The van der Waals surface area contributed by atoms with Gasteiger partial charge in [-0.05, 0) is 30.3 Å². The van der Waals surface area contributed by atoms with E-state index in [9.17, 15) is 0 Å². The van der Waals surface area contributed by atoms with Gasteiger partial charge in [-0.15, -0.1) is 0 Å². The van der Waals surface area contributed by atoms with Crippen LogP contribution >= 0.6 is 11.6 Å². The van der Waals surface area contributed by atoms with E-state index in [1.54, 1.807) is 6.07 Å². The zero-order valence-electron chi connectivity index (χ0n) is 9.78. The first-order valence-corrected chi connectivity index (χ1v) is 5.93. The van der Waals surface area contributed by atoms with E-state index in [2.05, 4.69) is 16.0 Å². The van der Waals surface area contributed by atoms with Crippen LogP contribution in [0.3, 0.4) is 0 Å². The summed E-state index contributed by atoms with van der Waals surface area (Å²) in [6.45, 7) is 0.894. The molecule has 0 aliphatic heterocycles. The van der Waals surface area contributed by atoms with Gasteiger partial charge in [-0.2, -0.15) is 0 Å². The Morgan fingerprint density at radius 1 is 1.35 bits per heavy atom. The molecule has 2 aromatic rings. The van der Waals surface area contributed by atoms with Gasteiger partial charge in [0, 0.05) is 36.9 Å². The van der Waals surface area contributed by atoms with E-state index in [0.29, 0.717) is 5.02 Å². The minimum Gasteiger partial charge on any atom is -0.397 e. The molecule has 0 aliphatic carbocycles. The van der Waals surface area contributed by atoms with Crippen LogP contribution in [-0.2, 0) is 6.42 Å². The molecule has 0 radical (unpaired) electrons. The van der Waals surface area contributed by atoms with Crippen LogP contribution in [0.4, 0.5) is 11.4 Å². The molecule has 0 aliphatic rings. The maximum absolute atomic E-state index is 5.97. The number of anilines is 2. The van der Waals surface area contributed by atoms with E-state index in [-0.39, 0.29) is 0 Å². The highest BCUT2D eigenvalue weighted by Crippen LogP contribution is 2.25. The molecule has 1 heterocycles. The van der Waals surface area contributed by atoms with Crippen molar-refractivity contribution in [1.29, 1.82) is 0 Å². The molecule has 1 aromatic carbocycles. The van der Waals surface area contributed by atoms with E-state index in [1.165, 1.54) is 5.69 Å². The summed E-state index contributed by atoms with van der Waals surface area (Å²) in [7, 11) is 2.02. The second kappa shape index (κ2) is 5.15. The van der Waals surface area contributed by atoms with Gasteiger partial charge in [0.05, 0.1) is 11.4 Å². The summed E-state index contributed by atoms with van der Waals surface area (Å²) in [5.74, 6) is 0. The predicted octanol–water partition coefficient (Wildman–Crippen LogP) is 2.93. The number of nitrogens with zero attached hydrogens (tertiary/aromatic N) is 1. The number of nitrogens with one attached hydrogen (secondary N) is 1. The van der Waals surface area contributed by atoms with Crippen molar-refractivity contribution in [3.05, 3.63) is 47.2 Å². The van der Waals surface area contributed by atoms with Gasteiger partial charge in [-0.1, -0.05) is 11.6 Å². The first-order chi connectivity index (χ1) is 8.16. The highest BCUT2D eigenvalue weighted by Gasteiger charge is 2.06. The van der Waals surface area contributed by atoms with Gasteiger partial charge >= 0.3 is 0 Å². The Morgan fingerprint density at radius 2 is 2.18 bits per heavy atom. The largest absolute Gasteiger partial charge is 0.397 e. The minimum atomic E-state index is 0.709. The Bertz CT molecular complexity index is 479. The second-order valence-corrected chi connectivity index (χ2v) is 4.51. The molecule has 17 heavy (non-hydrogen) atoms. The summed E-state index contributed by atoms with van der Waals surface area (Å²) in [6.07, 6.45) is 2.89. The zero-order chi connectivity index (χ0) is 12.3. The van der Waals surface area contributed by atoms with E-state index < -0.39 is 0 Å². The van der Waals surface area contributed by atoms with Crippen LogP contribution in [0, 0.1) is 0 Å². The number of aromatic amines is 1. The lowest BCUT2D eigenvalue weighted by Gasteiger charge is -2.21. The fraction of sp³-hybridized carbons (Fsp3) is 0.231. The third-order valence-electron chi connectivity index (χ3n) is 2.78. The van der Waals surface area contributed by atoms with Gasteiger partial charge in [0.1, 0.15) is 0 Å². The highest BCUT2D eigenvalue weighted by molar-refractivity contribution is 6.31. The van der Waals surface area contributed by atoms with Crippen LogP contribution in [0.15, 0.2) is 36.5 Å². The van der Waals surface area contributed by atoms with Crippen LogP contribution in [0.2, 0.25) is 5.02 Å². The van der Waals surface area contributed by atoms with E-state index in [4.69, 9.17) is 17.3 Å². The molecule has 3 nitrogen and oxygen atoms in total. The first kappa shape index (κ1) is 11.9. The molecule has 0 amide bonds. The number of aromatic nitrogens is 1. The van der Waals surface area contributed by atoms with Gasteiger partial charge in [-0.3, -0.25) is 0 Å². The smallest absolute Gasteiger partial charge is 0.0612 e. The number of hydrogen-bond acceptors (Lipinski definition) is 2. The summed E-state index contributed by atoms with van der Waals surface area (Å²) in [6, 6.07) is 9.62. The SMILES string of the molecule is CN(CCc1ccc[nH]1)c1cc(Cl)ccc1N. The van der Waals surface area contributed by atoms with Crippen molar-refractivity contribution in [2.75, 3.05) is 24.2 Å². The van der Waals surface area contributed by atoms with Gasteiger partial charge in [-0.25, -0.2) is 0 Å². The molecule has 0 unspecified atom stereocenters. The number of benzene rings is 1. The molecular formula is C13H16ClN3. The molecule has 0 fully saturated rings. The van der Waals surface area contributed by atoms with Crippen molar-refractivity contribution < 1.29 is 0 Å². The first-order valence-electron chi connectivity index (χ1n) is 5.55. The Morgan fingerprint density at radius 3 is 2.88 bits per heavy atom. The number of likely N-dealkylation sites (N-methyl/N-ethyl adjacent to an activating group) is 1. The maximum atomic E-state index is 5.97. The van der Waals surface area contributed by atoms with Crippen molar-refractivity contribution in [1.82, 2.24) is 4.98 Å². The molecule has 4 heteroatoms. The quantitative estimate of drug-likeness (QED) is 0.819. The van der Waals surface area contributed by atoms with Gasteiger partial charge in [0.2, 0.25) is 0 Å². The van der Waals surface area contributed by atoms with Crippen molar-refractivity contribution in [2.45, 2.75) is 6.42 Å². The number of halogens is 1. The minimum absolute atomic E-state index is 0.709. The molecule has 3 N–H and O–H groups in total. The molecule has 0 saturated carbocycles. The average molecular weight is 250 g/mol. The fourth-order valence-electron chi connectivity index (χ4n) is 1.78. The Balaban J connectivity index is 2.04. The maximum Gasteiger partial charge on any atom is 0.0612 e. The van der Waals surface area contributed by atoms with Gasteiger partial charge < -0.3 is 15.6 Å². The lowest BCUT2D eigenvalue weighted by atomic mass is 10.2. The van der Waals surface area contributed by atoms with Gasteiger partial charge in [0.15, 0.2) is 0 Å². The second-order valence-electron chi connectivity index (χ2n) is 4.07. The van der Waals surface area contributed by atoms with Gasteiger partial charge in [0.25, 0.3) is 0 Å². The predicted molar refractivity (Wildman–Crippen MR) is 73.6 cm³/mol. The lowest BCUT2D eigenvalue weighted by molar-refractivity contribution is 0.860. The normalized spacial score (nSPS) is 10.5. The lowest BCUT2D eigenvalue weighted by Crippen LogP contribution is -2.21. The van der Waals surface area contributed by atoms with E-state index in [0.717, 1.165) is 24.3 Å². The van der Waals surface area contributed by atoms with Crippen LogP contribution in [-0.4, -0.2) is 18.6 Å². The summed E-state index contributed by atoms with van der Waals surface area (Å²) in [4.78, 5) is 5.30. The highest BCUT2D eigenvalue weighted by atomic mass is 35.5. The molecule has 0 saturated heterocycles. The van der Waals surface area contributed by atoms with Crippen molar-refractivity contribution in [3.8, 4) is 0 Å². The monoisotopic (exact) mass is 249 g/mol. The molecule has 0 bridgehead atoms. The molecular weight excluding hydrogens is 234 g/mol. The summed E-state index contributed by atoms with van der Waals surface area (Å²) in [5.41, 5.74) is 8.88. The molecule has 90 valence electrons. The van der Waals surface area contributed by atoms with Crippen molar-refractivity contribution in [2.24, 2.45) is 0 Å². The Hall–Kier alpha value is -1.61. The van der Waals surface area contributed by atoms with Crippen LogP contribution in [0.25, 0.3) is 0 Å². The summed E-state index contributed by atoms with van der Waals surface area (Å²) < 4.78 is 0. The van der Waals surface area contributed by atoms with Crippen LogP contribution in [0.5, 0.6) is 0 Å². The molecule has 2 rings (SSSR count). The molecule has 1 aromatic heterocycles. The Kier molecular flexibility index (Phi) is 3.59. The molecule has 0 spiro atoms. The standard InChI is InChI=1S/C13H16ClN3/c1-17(8-6-11-3-2-7-16-11)13-9-10(14)4-5-12(13)15/h2-5,7,9,16H,6,8,15H2,1H3. The van der Waals surface area contributed by atoms with Crippen molar-refractivity contribution >= 4 is 23.0 Å². The number of rotatable bonds is 4. The van der Waals surface area contributed by atoms with Crippen molar-refractivity contribution in [3.63, 3.8) is 0 Å². The van der Waals surface area contributed by atoms with E-state index >= 15 is 0 Å². The third kappa shape index (κ3) is 2.94. The summed E-state index contributed by atoms with van der Waals surface area (Å²) in [5, 5.41) is 0.709. The number of nitrogen functional groups attached to an aromatic ring is 1. The Labute approximate surface area is 106 Å². The number of nitrogens with two attached hydrogens (primary N) is 1.